The molecule has 306 valence electrons. The third-order valence-corrected chi connectivity index (χ3v) is 12.2. The number of rotatable bonds is 17. The molecule has 0 amide bonds. The van der Waals surface area contributed by atoms with Crippen LogP contribution in [0.2, 0.25) is 5.02 Å². The van der Waals surface area contributed by atoms with E-state index in [0.717, 1.165) is 21.8 Å². The maximum Gasteiger partial charge on any atom is 0.176 e. The van der Waals surface area contributed by atoms with Crippen LogP contribution in [0, 0.1) is 6.92 Å². The molecule has 0 saturated carbocycles. The van der Waals surface area contributed by atoms with Gasteiger partial charge in [-0.3, -0.25) is 10.9 Å². The lowest BCUT2D eigenvalue weighted by atomic mass is 10.1. The summed E-state index contributed by atoms with van der Waals surface area (Å²) in [6.07, 6.45) is 4.44. The highest BCUT2D eigenvalue weighted by molar-refractivity contribution is 7.99. The zero-order valence-electron chi connectivity index (χ0n) is 33.5. The van der Waals surface area contributed by atoms with Crippen LogP contribution in [0.1, 0.15) is 16.7 Å². The van der Waals surface area contributed by atoms with E-state index in [2.05, 4.69) is 61.1 Å². The maximum absolute atomic E-state index is 6.59. The summed E-state index contributed by atoms with van der Waals surface area (Å²) in [4.78, 5) is 30.5. The van der Waals surface area contributed by atoms with Crippen LogP contribution in [0.4, 0.5) is 11.6 Å². The molecule has 0 aliphatic rings. The van der Waals surface area contributed by atoms with Gasteiger partial charge in [0.15, 0.2) is 44.3 Å². The Morgan fingerprint density at radius 1 is 0.600 bits per heavy atom. The first-order valence-electron chi connectivity index (χ1n) is 18.9. The minimum absolute atomic E-state index is 0.442. The number of nitrogens with one attached hydrogen (secondary N) is 2. The number of aromatic nitrogens is 8. The van der Waals surface area contributed by atoms with E-state index >= 15 is 0 Å². The molecule has 17 heteroatoms. The van der Waals surface area contributed by atoms with Crippen molar-refractivity contribution in [3.05, 3.63) is 119 Å². The third kappa shape index (κ3) is 8.71. The number of nitrogens with zero attached hydrogens (tertiary/aromatic N) is 8. The van der Waals surface area contributed by atoms with Crippen molar-refractivity contribution in [1.29, 1.82) is 0 Å². The van der Waals surface area contributed by atoms with Gasteiger partial charge >= 0.3 is 0 Å². The van der Waals surface area contributed by atoms with Gasteiger partial charge in [-0.15, -0.1) is 0 Å². The molecule has 8 aromatic rings. The van der Waals surface area contributed by atoms with E-state index in [9.17, 15) is 0 Å². The van der Waals surface area contributed by atoms with Crippen LogP contribution in [0.25, 0.3) is 22.3 Å². The molecule has 4 aromatic carbocycles. The van der Waals surface area contributed by atoms with E-state index in [-0.39, 0.29) is 0 Å². The summed E-state index contributed by atoms with van der Waals surface area (Å²) in [5.74, 6) is 3.68. The van der Waals surface area contributed by atoms with Gasteiger partial charge in [-0.2, -0.15) is 0 Å². The Balaban J connectivity index is 1.15. The van der Waals surface area contributed by atoms with Gasteiger partial charge in [-0.05, 0) is 96.9 Å². The second-order valence-corrected chi connectivity index (χ2v) is 15.9. The van der Waals surface area contributed by atoms with Crippen LogP contribution in [0.3, 0.4) is 0 Å². The Bertz CT molecular complexity index is 2780. The predicted molar refractivity (Wildman–Crippen MR) is 235 cm³/mol. The van der Waals surface area contributed by atoms with Crippen molar-refractivity contribution in [2.24, 2.45) is 0 Å². The Labute approximate surface area is 360 Å². The lowest BCUT2D eigenvalue weighted by Crippen LogP contribution is -2.13. The summed E-state index contributed by atoms with van der Waals surface area (Å²) in [6, 6.07) is 27.7. The molecule has 14 nitrogen and oxygen atoms in total. The highest BCUT2D eigenvalue weighted by Crippen LogP contribution is 2.40. The number of ether oxygens (including phenoxy) is 4. The Hall–Kier alpha value is -6.23. The molecule has 0 spiro atoms. The van der Waals surface area contributed by atoms with Gasteiger partial charge in [0, 0.05) is 18.1 Å². The van der Waals surface area contributed by atoms with Crippen LogP contribution in [0.5, 0.6) is 23.0 Å². The maximum atomic E-state index is 6.59. The van der Waals surface area contributed by atoms with Gasteiger partial charge < -0.3 is 28.1 Å². The quantitative estimate of drug-likeness (QED) is 0.0838. The van der Waals surface area contributed by atoms with E-state index in [1.165, 1.54) is 47.3 Å². The second kappa shape index (κ2) is 18.4. The summed E-state index contributed by atoms with van der Waals surface area (Å²) in [5.41, 5.74) is 12.4. The fourth-order valence-corrected chi connectivity index (χ4v) is 8.87. The molecule has 0 radical (unpaired) electrons. The number of anilines is 2. The molecule has 60 heavy (non-hydrogen) atoms. The molecule has 0 saturated heterocycles. The van der Waals surface area contributed by atoms with Crippen LogP contribution < -0.4 is 29.8 Å². The summed E-state index contributed by atoms with van der Waals surface area (Å²) in [6.45, 7) is 3.25. The minimum Gasteiger partial charge on any atom is -0.497 e. The predicted octanol–water partition coefficient (Wildman–Crippen LogP) is 9.19. The molecule has 8 rings (SSSR count). The molecule has 0 aliphatic carbocycles. The monoisotopic (exact) mass is 860 g/mol. The number of hydrazine groups is 1. The second-order valence-electron chi connectivity index (χ2n) is 13.4. The van der Waals surface area contributed by atoms with Crippen molar-refractivity contribution < 1.29 is 18.9 Å². The van der Waals surface area contributed by atoms with E-state index < -0.39 is 0 Å². The molecule has 0 bridgehead atoms. The summed E-state index contributed by atoms with van der Waals surface area (Å²) in [5, 5.41) is 2.09. The minimum atomic E-state index is 0.442. The first-order chi connectivity index (χ1) is 29.3. The Morgan fingerprint density at radius 2 is 1.12 bits per heavy atom. The molecule has 4 heterocycles. The van der Waals surface area contributed by atoms with Crippen LogP contribution in [-0.4, -0.2) is 67.5 Å². The normalized spacial score (nSPS) is 11.2. The fourth-order valence-electron chi connectivity index (χ4n) is 6.55. The molecule has 2 N–H and O–H groups in total. The van der Waals surface area contributed by atoms with E-state index in [1.54, 1.807) is 28.4 Å². The van der Waals surface area contributed by atoms with Gasteiger partial charge in [0.05, 0.1) is 38.2 Å². The average molecular weight is 861 g/mol. The van der Waals surface area contributed by atoms with Crippen LogP contribution in [-0.2, 0) is 25.9 Å². The highest BCUT2D eigenvalue weighted by atomic mass is 35.5. The van der Waals surface area contributed by atoms with Crippen molar-refractivity contribution in [2.75, 3.05) is 39.3 Å². The summed E-state index contributed by atoms with van der Waals surface area (Å²) in [7, 11) is 6.56. The highest BCUT2D eigenvalue weighted by Gasteiger charge is 2.22. The molecule has 0 atom stereocenters. The zero-order chi connectivity index (χ0) is 41.6. The first kappa shape index (κ1) is 40.5. The summed E-state index contributed by atoms with van der Waals surface area (Å²) < 4.78 is 26.7. The smallest absolute Gasteiger partial charge is 0.176 e. The number of hydrogen-bond acceptors (Lipinski definition) is 14. The van der Waals surface area contributed by atoms with Gasteiger partial charge in [-0.25, -0.2) is 29.9 Å². The SMILES string of the molecule is COc1ccc(OC)c(Sc2nc3c(NNc4ncnc5c4nc(Sc4cc(OC)ccc4OC)n5CCc4ccccc4Cl)ncnc3n2CCc2ccc(C)cc2)c1. The molecule has 0 unspecified atom stereocenters. The van der Waals surface area contributed by atoms with Crippen molar-refractivity contribution in [3.63, 3.8) is 0 Å². The number of fused-ring (bicyclic) bond motifs is 2. The van der Waals surface area contributed by atoms with Gasteiger partial charge in [-0.1, -0.05) is 59.6 Å². The number of aryl methyl sites for hydroxylation is 5. The number of halogens is 1. The van der Waals surface area contributed by atoms with E-state index in [4.69, 9.17) is 50.5 Å². The lowest BCUT2D eigenvalue weighted by molar-refractivity contribution is 0.394. The van der Waals surface area contributed by atoms with Crippen molar-refractivity contribution >= 4 is 69.1 Å². The zero-order valence-corrected chi connectivity index (χ0v) is 35.9. The van der Waals surface area contributed by atoms with Gasteiger partial charge in [0.2, 0.25) is 0 Å². The number of benzene rings is 4. The Kier molecular flexibility index (Phi) is 12.4. The average Bonchev–Trinajstić information content (AvgIpc) is 3.82. The number of methoxy groups -OCH3 is 4. The standard InChI is InChI=1S/C43H41ClN10O4S2/c1-26-10-12-27(13-11-26)18-20-53-40-36(49-42(53)59-34-22-29(55-2)14-16-32(34)57-4)38(45-24-47-40)51-52-39-37-41(48-25-46-39)54(21-19-28-8-6-7-9-31(28)44)43(50-37)60-35-23-30(56-3)15-17-33(35)58-5/h6-17,22-25H,18-21H2,1-5H3,(H,45,47,51)(H,46,48,52). The van der Waals surface area contributed by atoms with Crippen molar-refractivity contribution in [1.82, 2.24) is 39.0 Å². The fraction of sp³-hybridized carbons (Fsp3) is 0.209. The summed E-state index contributed by atoms with van der Waals surface area (Å²) >= 11 is 9.50. The lowest BCUT2D eigenvalue weighted by Gasteiger charge is -2.12. The molecular formula is C43H41ClN10O4S2. The van der Waals surface area contributed by atoms with Crippen molar-refractivity contribution in [2.45, 2.75) is 53.0 Å². The first-order valence-corrected chi connectivity index (χ1v) is 20.9. The molecule has 0 aliphatic heterocycles. The van der Waals surface area contributed by atoms with E-state index in [0.29, 0.717) is 91.8 Å². The topological polar surface area (TPSA) is 148 Å². The Morgan fingerprint density at radius 3 is 1.62 bits per heavy atom. The number of hydrogen-bond donors (Lipinski definition) is 2. The van der Waals surface area contributed by atoms with Gasteiger partial charge in [0.1, 0.15) is 35.7 Å². The third-order valence-electron chi connectivity index (χ3n) is 9.74. The largest absolute Gasteiger partial charge is 0.497 e. The molecule has 0 fully saturated rings. The van der Waals surface area contributed by atoms with E-state index in [1.807, 2.05) is 60.7 Å². The molecule has 4 aromatic heterocycles. The number of imidazole rings is 2. The molecular weight excluding hydrogens is 820 g/mol. The van der Waals surface area contributed by atoms with Crippen LogP contribution in [0.15, 0.2) is 118 Å². The van der Waals surface area contributed by atoms with Gasteiger partial charge in [0.25, 0.3) is 0 Å². The van der Waals surface area contributed by atoms with Crippen molar-refractivity contribution in [3.8, 4) is 23.0 Å². The van der Waals surface area contributed by atoms with Crippen LogP contribution >= 0.6 is 35.1 Å².